The van der Waals surface area contributed by atoms with Crippen LogP contribution in [0.25, 0.3) is 24.3 Å². The highest BCUT2D eigenvalue weighted by atomic mass is 16.5. The van der Waals surface area contributed by atoms with E-state index >= 15 is 0 Å². The summed E-state index contributed by atoms with van der Waals surface area (Å²) in [7, 11) is 3.45. The number of methoxy groups -OCH3 is 2. The lowest BCUT2D eigenvalue weighted by Gasteiger charge is -2.24. The molecular weight excluding hydrogens is 540 g/mol. The van der Waals surface area contributed by atoms with E-state index in [9.17, 15) is 0 Å². The molecule has 0 N–H and O–H groups in total. The van der Waals surface area contributed by atoms with Crippen LogP contribution in [0.15, 0.2) is 60.7 Å². The van der Waals surface area contributed by atoms with E-state index < -0.39 is 0 Å². The molecule has 0 aliphatic rings. The van der Waals surface area contributed by atoms with Crippen molar-refractivity contribution in [2.75, 3.05) is 50.2 Å². The first-order valence-electron chi connectivity index (χ1n) is 16.9. The van der Waals surface area contributed by atoms with Gasteiger partial charge in [0.25, 0.3) is 0 Å². The molecule has 0 aliphatic carbocycles. The average Bonchev–Trinajstić information content (AvgIpc) is 3.07. The number of ether oxygens (including phenoxy) is 2. The van der Waals surface area contributed by atoms with E-state index in [0.717, 1.165) is 59.9 Å². The number of unbranched alkanes of at least 4 members (excludes halogenated alkanes) is 4. The Balaban J connectivity index is 1.75. The van der Waals surface area contributed by atoms with Gasteiger partial charge in [-0.2, -0.15) is 0 Å². The molecule has 0 spiro atoms. The van der Waals surface area contributed by atoms with Gasteiger partial charge < -0.3 is 19.3 Å². The van der Waals surface area contributed by atoms with E-state index in [1.807, 2.05) is 0 Å². The van der Waals surface area contributed by atoms with Crippen LogP contribution >= 0.6 is 0 Å². The predicted octanol–water partition coefficient (Wildman–Crippen LogP) is 10.9. The number of nitrogens with zero attached hydrogens (tertiary/aromatic N) is 2. The summed E-state index contributed by atoms with van der Waals surface area (Å²) >= 11 is 0. The molecule has 4 nitrogen and oxygen atoms in total. The molecule has 0 aromatic heterocycles. The fourth-order valence-corrected chi connectivity index (χ4v) is 5.31. The predicted molar refractivity (Wildman–Crippen MR) is 194 cm³/mol. The van der Waals surface area contributed by atoms with Crippen LogP contribution < -0.4 is 19.3 Å². The summed E-state index contributed by atoms with van der Waals surface area (Å²) in [5, 5.41) is 0. The molecule has 0 unspecified atom stereocenters. The van der Waals surface area contributed by atoms with Crippen LogP contribution in [0.5, 0.6) is 11.5 Å². The molecule has 3 aromatic carbocycles. The lowest BCUT2D eigenvalue weighted by molar-refractivity contribution is 0.401. The van der Waals surface area contributed by atoms with Crippen LogP contribution in [-0.4, -0.2) is 40.4 Å². The van der Waals surface area contributed by atoms with Gasteiger partial charge in [-0.15, -0.1) is 0 Å². The van der Waals surface area contributed by atoms with E-state index in [1.165, 1.54) is 62.7 Å². The molecule has 0 saturated heterocycles. The first-order chi connectivity index (χ1) is 21.6. The number of hydrogen-bond donors (Lipinski definition) is 0. The second kappa shape index (κ2) is 19.6. The monoisotopic (exact) mass is 596 g/mol. The van der Waals surface area contributed by atoms with Gasteiger partial charge >= 0.3 is 0 Å². The van der Waals surface area contributed by atoms with Crippen molar-refractivity contribution in [2.45, 2.75) is 79.1 Å². The highest BCUT2D eigenvalue weighted by molar-refractivity contribution is 5.79. The van der Waals surface area contributed by atoms with Crippen molar-refractivity contribution in [1.82, 2.24) is 0 Å². The van der Waals surface area contributed by atoms with E-state index in [0.29, 0.717) is 0 Å². The van der Waals surface area contributed by atoms with Crippen molar-refractivity contribution in [3.05, 3.63) is 82.9 Å². The Morgan fingerprint density at radius 1 is 0.477 bits per heavy atom. The fourth-order valence-electron chi connectivity index (χ4n) is 5.31. The molecule has 238 valence electrons. The maximum absolute atomic E-state index is 5.81. The summed E-state index contributed by atoms with van der Waals surface area (Å²) in [5.41, 5.74) is 6.91. The summed E-state index contributed by atoms with van der Waals surface area (Å²) in [6.07, 6.45) is 18.3. The normalized spacial score (nSPS) is 11.4. The third-order valence-corrected chi connectivity index (χ3v) is 8.14. The molecule has 0 aliphatic heterocycles. The maximum Gasteiger partial charge on any atom is 0.126 e. The maximum atomic E-state index is 5.81. The van der Waals surface area contributed by atoms with Crippen molar-refractivity contribution in [3.63, 3.8) is 0 Å². The Morgan fingerprint density at radius 2 is 0.795 bits per heavy atom. The smallest absolute Gasteiger partial charge is 0.126 e. The lowest BCUT2D eigenvalue weighted by atomic mass is 10.0. The minimum absolute atomic E-state index is 0.821. The van der Waals surface area contributed by atoms with Gasteiger partial charge in [-0.05, 0) is 73.2 Å². The lowest BCUT2D eigenvalue weighted by Crippen LogP contribution is -2.25. The Morgan fingerprint density at radius 3 is 1.07 bits per heavy atom. The van der Waals surface area contributed by atoms with Gasteiger partial charge in [-0.1, -0.05) is 102 Å². The molecule has 0 amide bonds. The van der Waals surface area contributed by atoms with Gasteiger partial charge in [-0.25, -0.2) is 0 Å². The summed E-state index contributed by atoms with van der Waals surface area (Å²) in [6.45, 7) is 13.5. The van der Waals surface area contributed by atoms with Crippen molar-refractivity contribution >= 4 is 35.7 Å². The summed E-state index contributed by atoms with van der Waals surface area (Å²) in [4.78, 5) is 5.04. The molecule has 0 atom stereocenters. The minimum Gasteiger partial charge on any atom is -0.496 e. The largest absolute Gasteiger partial charge is 0.496 e. The SMILES string of the molecule is CCCCN(CCCC)c1ccc(C=Cc2cc(OC)c(C=Cc3ccc(N(CCCC)CCCC)cc3)cc2OC)cc1. The Labute approximate surface area is 268 Å². The highest BCUT2D eigenvalue weighted by Crippen LogP contribution is 2.32. The average molecular weight is 597 g/mol. The minimum atomic E-state index is 0.821. The van der Waals surface area contributed by atoms with Crippen molar-refractivity contribution in [2.24, 2.45) is 0 Å². The first-order valence-corrected chi connectivity index (χ1v) is 16.9. The van der Waals surface area contributed by atoms with Crippen LogP contribution in [0.2, 0.25) is 0 Å². The number of benzene rings is 3. The van der Waals surface area contributed by atoms with E-state index in [4.69, 9.17) is 9.47 Å². The first kappa shape index (κ1) is 34.8. The second-order valence-corrected chi connectivity index (χ2v) is 11.6. The van der Waals surface area contributed by atoms with Gasteiger partial charge in [0, 0.05) is 48.7 Å². The quantitative estimate of drug-likeness (QED) is 0.121. The topological polar surface area (TPSA) is 24.9 Å². The second-order valence-electron chi connectivity index (χ2n) is 11.6. The molecule has 4 heteroatoms. The van der Waals surface area contributed by atoms with Crippen molar-refractivity contribution in [3.8, 4) is 11.5 Å². The number of anilines is 2. The van der Waals surface area contributed by atoms with Crippen LogP contribution in [0.4, 0.5) is 11.4 Å². The van der Waals surface area contributed by atoms with Crippen LogP contribution in [0, 0.1) is 0 Å². The number of hydrogen-bond acceptors (Lipinski definition) is 4. The highest BCUT2D eigenvalue weighted by Gasteiger charge is 2.10. The molecule has 0 fully saturated rings. The Hall–Kier alpha value is -3.66. The molecule has 3 rings (SSSR count). The Kier molecular flexibility index (Phi) is 15.5. The third-order valence-electron chi connectivity index (χ3n) is 8.14. The van der Waals surface area contributed by atoms with Gasteiger partial charge in [0.05, 0.1) is 14.2 Å². The number of rotatable bonds is 20. The summed E-state index contributed by atoms with van der Waals surface area (Å²) < 4.78 is 11.6. The summed E-state index contributed by atoms with van der Waals surface area (Å²) in [5.74, 6) is 1.64. The summed E-state index contributed by atoms with van der Waals surface area (Å²) in [6, 6.07) is 21.9. The van der Waals surface area contributed by atoms with Gasteiger partial charge in [0.15, 0.2) is 0 Å². The zero-order chi connectivity index (χ0) is 31.6. The fraction of sp³-hybridized carbons (Fsp3) is 0.450. The zero-order valence-electron chi connectivity index (χ0n) is 28.3. The van der Waals surface area contributed by atoms with Crippen molar-refractivity contribution < 1.29 is 9.47 Å². The van der Waals surface area contributed by atoms with E-state index in [2.05, 4.69) is 122 Å². The van der Waals surface area contributed by atoms with Gasteiger partial charge in [0.2, 0.25) is 0 Å². The van der Waals surface area contributed by atoms with Gasteiger partial charge in [-0.3, -0.25) is 0 Å². The molecular formula is C40H56N2O2. The van der Waals surface area contributed by atoms with Crippen molar-refractivity contribution in [1.29, 1.82) is 0 Å². The van der Waals surface area contributed by atoms with Crippen LogP contribution in [0.3, 0.4) is 0 Å². The molecule has 0 saturated carbocycles. The Bertz CT molecular complexity index is 1160. The molecule has 3 aromatic rings. The zero-order valence-corrected chi connectivity index (χ0v) is 28.3. The van der Waals surface area contributed by atoms with E-state index in [-0.39, 0.29) is 0 Å². The molecule has 0 bridgehead atoms. The third kappa shape index (κ3) is 10.8. The molecule has 44 heavy (non-hydrogen) atoms. The molecule has 0 heterocycles. The standard InChI is InChI=1S/C40H56N2O2/c1-7-11-27-41(28-12-8-2)37-23-17-33(18-24-37)15-21-35-31-40(44-6)36(32-39(35)43-5)22-16-34-19-25-38(26-20-34)42(29-13-9-3)30-14-10-4/h15-26,31-32H,7-14,27-30H2,1-6H3. The van der Waals surface area contributed by atoms with Crippen LogP contribution in [-0.2, 0) is 0 Å². The van der Waals surface area contributed by atoms with E-state index in [1.54, 1.807) is 14.2 Å². The van der Waals surface area contributed by atoms with Crippen LogP contribution in [0.1, 0.15) is 101 Å². The van der Waals surface area contributed by atoms with Gasteiger partial charge in [0.1, 0.15) is 11.5 Å². The molecule has 0 radical (unpaired) electrons.